The maximum absolute atomic E-state index is 12.9. The van der Waals surface area contributed by atoms with Crippen molar-refractivity contribution < 1.29 is 4.79 Å². The lowest BCUT2D eigenvalue weighted by Crippen LogP contribution is -2.35. The van der Waals surface area contributed by atoms with Crippen LogP contribution >= 0.6 is 23.1 Å². The third-order valence-corrected chi connectivity index (χ3v) is 6.63. The topological polar surface area (TPSA) is 54.9 Å². The zero-order chi connectivity index (χ0) is 15.8. The standard InChI is InChI=1S/C17H19N3OS2/c1-10-4-7-18-16(19-10)14(11-2-3-11)20-17(21)15-12-5-8-22-13(12)6-9-23-15/h4-5,7-8,11,14-15H,2-3,6,9H2,1H3,(H,20,21)/t14-,15+/m0/s1. The van der Waals surface area contributed by atoms with Crippen LogP contribution in [0.25, 0.3) is 0 Å². The first-order valence-electron chi connectivity index (χ1n) is 8.00. The minimum atomic E-state index is -0.0870. The number of hydrogen-bond donors (Lipinski definition) is 1. The maximum atomic E-state index is 12.9. The van der Waals surface area contributed by atoms with Gasteiger partial charge in [0.2, 0.25) is 5.91 Å². The highest BCUT2D eigenvalue weighted by Gasteiger charge is 2.37. The van der Waals surface area contributed by atoms with Crippen molar-refractivity contribution in [3.8, 4) is 0 Å². The summed E-state index contributed by atoms with van der Waals surface area (Å²) >= 11 is 3.51. The third-order valence-electron chi connectivity index (χ3n) is 4.40. The molecule has 1 aliphatic carbocycles. The number of aryl methyl sites for hydroxylation is 2. The number of amides is 1. The third kappa shape index (κ3) is 3.15. The van der Waals surface area contributed by atoms with Crippen molar-refractivity contribution in [2.75, 3.05) is 5.75 Å². The van der Waals surface area contributed by atoms with Gasteiger partial charge in [-0.25, -0.2) is 9.97 Å². The van der Waals surface area contributed by atoms with E-state index >= 15 is 0 Å². The summed E-state index contributed by atoms with van der Waals surface area (Å²) in [5.74, 6) is 2.36. The Labute approximate surface area is 144 Å². The molecule has 0 spiro atoms. The van der Waals surface area contributed by atoms with Crippen LogP contribution in [0.3, 0.4) is 0 Å². The Kier molecular flexibility index (Phi) is 4.11. The molecule has 23 heavy (non-hydrogen) atoms. The molecule has 2 atom stereocenters. The zero-order valence-electron chi connectivity index (χ0n) is 13.0. The molecule has 0 aromatic carbocycles. The van der Waals surface area contributed by atoms with Crippen LogP contribution < -0.4 is 5.32 Å². The van der Waals surface area contributed by atoms with Crippen molar-refractivity contribution in [3.63, 3.8) is 0 Å². The van der Waals surface area contributed by atoms with Crippen molar-refractivity contribution in [2.45, 2.75) is 37.5 Å². The van der Waals surface area contributed by atoms with Crippen LogP contribution in [0.4, 0.5) is 0 Å². The van der Waals surface area contributed by atoms with Crippen LogP contribution in [-0.2, 0) is 11.2 Å². The Hall–Kier alpha value is -1.40. The van der Waals surface area contributed by atoms with Gasteiger partial charge in [-0.15, -0.1) is 23.1 Å². The molecule has 0 unspecified atom stereocenters. The molecule has 1 aliphatic heterocycles. The maximum Gasteiger partial charge on any atom is 0.238 e. The van der Waals surface area contributed by atoms with Crippen molar-refractivity contribution in [2.24, 2.45) is 5.92 Å². The Morgan fingerprint density at radius 2 is 2.26 bits per heavy atom. The fourth-order valence-corrected chi connectivity index (χ4v) is 5.34. The summed E-state index contributed by atoms with van der Waals surface area (Å²) in [5.41, 5.74) is 2.14. The second-order valence-corrected chi connectivity index (χ2v) is 8.39. The summed E-state index contributed by atoms with van der Waals surface area (Å²) in [4.78, 5) is 23.2. The summed E-state index contributed by atoms with van der Waals surface area (Å²) < 4.78 is 0. The Bertz CT molecular complexity index is 726. The second-order valence-electron chi connectivity index (χ2n) is 6.18. The molecule has 0 radical (unpaired) electrons. The Balaban J connectivity index is 1.55. The van der Waals surface area contributed by atoms with Crippen molar-refractivity contribution in [1.29, 1.82) is 0 Å². The van der Waals surface area contributed by atoms with Crippen LogP contribution in [0.1, 0.15) is 46.1 Å². The van der Waals surface area contributed by atoms with Crippen LogP contribution in [0.5, 0.6) is 0 Å². The first-order chi connectivity index (χ1) is 11.2. The fourth-order valence-electron chi connectivity index (χ4n) is 3.03. The summed E-state index contributed by atoms with van der Waals surface area (Å²) in [7, 11) is 0. The highest BCUT2D eigenvalue weighted by atomic mass is 32.2. The monoisotopic (exact) mass is 345 g/mol. The lowest BCUT2D eigenvalue weighted by atomic mass is 10.1. The molecule has 2 aromatic heterocycles. The van der Waals surface area contributed by atoms with Gasteiger partial charge in [0.05, 0.1) is 6.04 Å². The van der Waals surface area contributed by atoms with Gasteiger partial charge < -0.3 is 5.32 Å². The van der Waals surface area contributed by atoms with E-state index in [1.807, 2.05) is 13.0 Å². The molecular weight excluding hydrogens is 326 g/mol. The molecule has 4 nitrogen and oxygen atoms in total. The van der Waals surface area contributed by atoms with Crippen LogP contribution in [0, 0.1) is 12.8 Å². The Morgan fingerprint density at radius 3 is 3.04 bits per heavy atom. The number of nitrogens with zero attached hydrogens (tertiary/aromatic N) is 2. The van der Waals surface area contributed by atoms with E-state index in [0.717, 1.165) is 36.5 Å². The average Bonchev–Trinajstić information content (AvgIpc) is 3.28. The first kappa shape index (κ1) is 15.1. The van der Waals surface area contributed by atoms with E-state index in [2.05, 4.69) is 26.7 Å². The fraction of sp³-hybridized carbons (Fsp3) is 0.471. The molecule has 3 heterocycles. The van der Waals surface area contributed by atoms with Gasteiger partial charge in [0.15, 0.2) is 5.82 Å². The van der Waals surface area contributed by atoms with E-state index < -0.39 is 0 Å². The molecule has 0 saturated heterocycles. The quantitative estimate of drug-likeness (QED) is 0.922. The number of hydrogen-bond acceptors (Lipinski definition) is 5. The smallest absolute Gasteiger partial charge is 0.238 e. The number of nitrogens with one attached hydrogen (secondary N) is 1. The van der Waals surface area contributed by atoms with Crippen molar-refractivity contribution in [3.05, 3.63) is 45.7 Å². The zero-order valence-corrected chi connectivity index (χ0v) is 14.6. The summed E-state index contributed by atoms with van der Waals surface area (Å²) in [6.07, 6.45) is 5.15. The number of rotatable bonds is 4. The molecule has 1 saturated carbocycles. The van der Waals surface area contributed by atoms with Crippen LogP contribution in [0.15, 0.2) is 23.7 Å². The van der Waals surface area contributed by atoms with Gasteiger partial charge in [0, 0.05) is 16.8 Å². The van der Waals surface area contributed by atoms with Crippen molar-refractivity contribution >= 4 is 29.0 Å². The van der Waals surface area contributed by atoms with Gasteiger partial charge in [0.25, 0.3) is 0 Å². The summed E-state index contributed by atoms with van der Waals surface area (Å²) in [6.45, 7) is 1.96. The lowest BCUT2D eigenvalue weighted by molar-refractivity contribution is -0.121. The van der Waals surface area contributed by atoms with Gasteiger partial charge in [-0.2, -0.15) is 0 Å². The minimum absolute atomic E-state index is 0.0491. The molecule has 1 N–H and O–H groups in total. The number of aromatic nitrogens is 2. The molecule has 120 valence electrons. The van der Waals surface area contributed by atoms with E-state index in [-0.39, 0.29) is 17.2 Å². The average molecular weight is 345 g/mol. The number of thioether (sulfide) groups is 1. The normalized spacial score (nSPS) is 21.5. The summed E-state index contributed by atoms with van der Waals surface area (Å²) in [5, 5.41) is 5.25. The van der Waals surface area contributed by atoms with E-state index in [9.17, 15) is 4.79 Å². The SMILES string of the molecule is Cc1ccnc([C@@H](NC(=O)[C@@H]2SCCc3sccc32)C2CC2)n1. The lowest BCUT2D eigenvalue weighted by Gasteiger charge is -2.24. The predicted octanol–water partition coefficient (Wildman–Crippen LogP) is 3.44. The van der Waals surface area contributed by atoms with Gasteiger partial charge in [-0.05, 0) is 60.9 Å². The van der Waals surface area contributed by atoms with E-state index in [1.165, 1.54) is 10.4 Å². The first-order valence-corrected chi connectivity index (χ1v) is 9.93. The Morgan fingerprint density at radius 1 is 1.39 bits per heavy atom. The predicted molar refractivity (Wildman–Crippen MR) is 93.6 cm³/mol. The van der Waals surface area contributed by atoms with Gasteiger partial charge >= 0.3 is 0 Å². The molecule has 4 rings (SSSR count). The molecule has 0 bridgehead atoms. The molecule has 1 amide bonds. The highest BCUT2D eigenvalue weighted by molar-refractivity contribution is 8.00. The number of fused-ring (bicyclic) bond motifs is 1. The molecule has 2 aromatic rings. The number of thiophene rings is 1. The van der Waals surface area contributed by atoms with E-state index in [1.54, 1.807) is 29.3 Å². The summed E-state index contributed by atoms with van der Waals surface area (Å²) in [6, 6.07) is 3.95. The molecule has 6 heteroatoms. The van der Waals surface area contributed by atoms with Gasteiger partial charge in [-0.3, -0.25) is 4.79 Å². The molecular formula is C17H19N3OS2. The second kappa shape index (κ2) is 6.24. The van der Waals surface area contributed by atoms with Crippen molar-refractivity contribution in [1.82, 2.24) is 15.3 Å². The van der Waals surface area contributed by atoms with E-state index in [4.69, 9.17) is 0 Å². The number of carbonyl (C=O) groups is 1. The molecule has 1 fully saturated rings. The number of carbonyl (C=O) groups excluding carboxylic acids is 1. The van der Waals surface area contributed by atoms with Gasteiger partial charge in [0.1, 0.15) is 5.25 Å². The minimum Gasteiger partial charge on any atom is -0.345 e. The largest absolute Gasteiger partial charge is 0.345 e. The van der Waals surface area contributed by atoms with E-state index in [0.29, 0.717) is 5.92 Å². The van der Waals surface area contributed by atoms with Gasteiger partial charge in [-0.1, -0.05) is 0 Å². The highest BCUT2D eigenvalue weighted by Crippen LogP contribution is 2.43. The molecule has 2 aliphatic rings. The van der Waals surface area contributed by atoms with Crippen LogP contribution in [-0.4, -0.2) is 21.6 Å². The van der Waals surface area contributed by atoms with Crippen LogP contribution in [0.2, 0.25) is 0 Å².